The molecular weight excluding hydrogens is 486 g/mol. The standard InChI is InChI=1S/C24H29N5O8/c30-18-7-6-17(21(33)26-18)29-22(34)15-4-3-5-16(20(15)23(29)35)25-8-1-2-13-37-24(36)28-11-9-27(10-12-28)14-19(31)32/h3-5,17,25H,1-2,6-14H2,(H,31,32)(H,26,30,33). The van der Waals surface area contributed by atoms with Crippen molar-refractivity contribution < 1.29 is 38.6 Å². The Labute approximate surface area is 212 Å². The smallest absolute Gasteiger partial charge is 0.409 e. The van der Waals surface area contributed by atoms with Crippen LogP contribution in [0.3, 0.4) is 0 Å². The van der Waals surface area contributed by atoms with Crippen molar-refractivity contribution >= 4 is 41.4 Å². The van der Waals surface area contributed by atoms with Crippen LogP contribution in [0.25, 0.3) is 0 Å². The first-order chi connectivity index (χ1) is 17.8. The first-order valence-electron chi connectivity index (χ1n) is 12.2. The summed E-state index contributed by atoms with van der Waals surface area (Å²) < 4.78 is 5.31. The number of rotatable bonds is 9. The van der Waals surface area contributed by atoms with Gasteiger partial charge < -0.3 is 20.1 Å². The predicted molar refractivity (Wildman–Crippen MR) is 128 cm³/mol. The molecule has 3 heterocycles. The van der Waals surface area contributed by atoms with E-state index < -0.39 is 41.7 Å². The van der Waals surface area contributed by atoms with Crippen molar-refractivity contribution in [2.45, 2.75) is 31.7 Å². The van der Waals surface area contributed by atoms with E-state index in [0.717, 1.165) is 4.90 Å². The first-order valence-corrected chi connectivity index (χ1v) is 12.2. The van der Waals surface area contributed by atoms with Gasteiger partial charge in [-0.05, 0) is 31.4 Å². The molecule has 5 amide bonds. The molecule has 0 spiro atoms. The SMILES string of the molecule is O=C(O)CN1CCN(C(=O)OCCCCNc2cccc3c2C(=O)N(C2CCC(=O)NC2=O)C3=O)CC1. The van der Waals surface area contributed by atoms with Crippen LogP contribution in [-0.4, -0.2) is 107 Å². The Kier molecular flexibility index (Phi) is 8.01. The summed E-state index contributed by atoms with van der Waals surface area (Å²) in [7, 11) is 0. The van der Waals surface area contributed by atoms with E-state index in [-0.39, 0.29) is 37.1 Å². The van der Waals surface area contributed by atoms with E-state index >= 15 is 0 Å². The number of carboxylic acid groups (broad SMARTS) is 1. The van der Waals surface area contributed by atoms with E-state index in [1.165, 1.54) is 6.07 Å². The summed E-state index contributed by atoms with van der Waals surface area (Å²) in [4.78, 5) is 76.9. The highest BCUT2D eigenvalue weighted by Crippen LogP contribution is 2.32. The van der Waals surface area contributed by atoms with Gasteiger partial charge in [0.2, 0.25) is 11.8 Å². The van der Waals surface area contributed by atoms with Gasteiger partial charge in [-0.2, -0.15) is 0 Å². The predicted octanol–water partition coefficient (Wildman–Crippen LogP) is 0.119. The lowest BCUT2D eigenvalue weighted by molar-refractivity contribution is -0.139. The molecule has 1 atom stereocenters. The molecule has 0 radical (unpaired) electrons. The summed E-state index contributed by atoms with van der Waals surface area (Å²) in [6, 6.07) is 3.85. The number of carbonyl (C=O) groups excluding carboxylic acids is 5. The molecule has 1 unspecified atom stereocenters. The number of imide groups is 2. The quantitative estimate of drug-likeness (QED) is 0.304. The number of amides is 5. The number of piperidine rings is 1. The fourth-order valence-electron chi connectivity index (χ4n) is 4.64. The molecule has 37 heavy (non-hydrogen) atoms. The second-order valence-electron chi connectivity index (χ2n) is 9.08. The number of piperazine rings is 1. The molecular formula is C24H29N5O8. The van der Waals surface area contributed by atoms with E-state index in [1.807, 2.05) is 0 Å². The van der Waals surface area contributed by atoms with Crippen molar-refractivity contribution in [1.82, 2.24) is 20.0 Å². The number of ether oxygens (including phenoxy) is 1. The molecule has 4 rings (SSSR count). The Morgan fingerprint density at radius 2 is 1.81 bits per heavy atom. The number of fused-ring (bicyclic) bond motifs is 1. The zero-order valence-corrected chi connectivity index (χ0v) is 20.2. The summed E-state index contributed by atoms with van der Waals surface area (Å²) in [5.41, 5.74) is 0.879. The summed E-state index contributed by atoms with van der Waals surface area (Å²) in [5, 5.41) is 14.2. The third-order valence-electron chi connectivity index (χ3n) is 6.57. The van der Waals surface area contributed by atoms with Gasteiger partial charge in [0.25, 0.3) is 11.8 Å². The summed E-state index contributed by atoms with van der Waals surface area (Å²) in [6.45, 7) is 2.41. The van der Waals surface area contributed by atoms with Gasteiger partial charge in [-0.1, -0.05) is 6.07 Å². The minimum atomic E-state index is -1.02. The maximum Gasteiger partial charge on any atom is 0.409 e. The number of carboxylic acids is 1. The molecule has 3 N–H and O–H groups in total. The monoisotopic (exact) mass is 515 g/mol. The average Bonchev–Trinajstić information content (AvgIpc) is 3.12. The Morgan fingerprint density at radius 3 is 2.51 bits per heavy atom. The van der Waals surface area contributed by atoms with Crippen LogP contribution in [0, 0.1) is 0 Å². The van der Waals surface area contributed by atoms with Crippen molar-refractivity contribution in [3.63, 3.8) is 0 Å². The van der Waals surface area contributed by atoms with Crippen LogP contribution in [0.4, 0.5) is 10.5 Å². The number of aliphatic carboxylic acids is 1. The lowest BCUT2D eigenvalue weighted by atomic mass is 10.0. The van der Waals surface area contributed by atoms with Crippen molar-refractivity contribution in [3.05, 3.63) is 29.3 Å². The molecule has 2 saturated heterocycles. The first kappa shape index (κ1) is 26.1. The van der Waals surface area contributed by atoms with Crippen molar-refractivity contribution in [1.29, 1.82) is 0 Å². The Hall–Kier alpha value is -4.00. The van der Waals surface area contributed by atoms with Crippen molar-refractivity contribution in [3.8, 4) is 0 Å². The highest BCUT2D eigenvalue weighted by Gasteiger charge is 2.45. The van der Waals surface area contributed by atoms with Gasteiger partial charge in [0.15, 0.2) is 0 Å². The molecule has 0 bridgehead atoms. The lowest BCUT2D eigenvalue weighted by Gasteiger charge is -2.33. The summed E-state index contributed by atoms with van der Waals surface area (Å²) in [6.07, 6.45) is 0.918. The zero-order valence-electron chi connectivity index (χ0n) is 20.2. The molecule has 13 heteroatoms. The van der Waals surface area contributed by atoms with Gasteiger partial charge in [-0.25, -0.2) is 4.79 Å². The van der Waals surface area contributed by atoms with E-state index in [1.54, 1.807) is 21.9 Å². The molecule has 0 saturated carbocycles. The Bertz CT molecular complexity index is 1110. The van der Waals surface area contributed by atoms with Crippen LogP contribution in [0.5, 0.6) is 0 Å². The maximum atomic E-state index is 13.1. The molecule has 2 fully saturated rings. The van der Waals surface area contributed by atoms with Gasteiger partial charge in [0.1, 0.15) is 6.04 Å². The minimum absolute atomic E-state index is 0.0464. The van der Waals surface area contributed by atoms with E-state index in [4.69, 9.17) is 9.84 Å². The van der Waals surface area contributed by atoms with Crippen LogP contribution in [0.15, 0.2) is 18.2 Å². The van der Waals surface area contributed by atoms with E-state index in [0.29, 0.717) is 51.3 Å². The molecule has 3 aliphatic heterocycles. The van der Waals surface area contributed by atoms with Gasteiger partial charge in [0, 0.05) is 44.8 Å². The molecule has 13 nitrogen and oxygen atoms in total. The number of carbonyl (C=O) groups is 6. The maximum absolute atomic E-state index is 13.1. The Morgan fingerprint density at radius 1 is 1.05 bits per heavy atom. The third-order valence-corrected chi connectivity index (χ3v) is 6.57. The topological polar surface area (TPSA) is 166 Å². The second kappa shape index (κ2) is 11.4. The number of nitrogens with one attached hydrogen (secondary N) is 2. The molecule has 0 aliphatic carbocycles. The number of hydrogen-bond donors (Lipinski definition) is 3. The highest BCUT2D eigenvalue weighted by atomic mass is 16.6. The fourth-order valence-corrected chi connectivity index (χ4v) is 4.64. The second-order valence-corrected chi connectivity index (χ2v) is 9.08. The average molecular weight is 516 g/mol. The summed E-state index contributed by atoms with van der Waals surface area (Å²) >= 11 is 0. The zero-order chi connectivity index (χ0) is 26.5. The normalized spacial score (nSPS) is 20.1. The number of hydrogen-bond acceptors (Lipinski definition) is 9. The van der Waals surface area contributed by atoms with Crippen LogP contribution in [0.2, 0.25) is 0 Å². The molecule has 1 aromatic rings. The fraction of sp³-hybridized carbons (Fsp3) is 0.500. The number of anilines is 1. The highest BCUT2D eigenvalue weighted by molar-refractivity contribution is 6.25. The number of nitrogens with zero attached hydrogens (tertiary/aromatic N) is 3. The lowest BCUT2D eigenvalue weighted by Crippen LogP contribution is -2.54. The van der Waals surface area contributed by atoms with Crippen LogP contribution in [0.1, 0.15) is 46.4 Å². The molecule has 198 valence electrons. The third kappa shape index (κ3) is 5.88. The van der Waals surface area contributed by atoms with Crippen molar-refractivity contribution in [2.24, 2.45) is 0 Å². The Balaban J connectivity index is 1.22. The number of unbranched alkanes of at least 4 members (excludes halogenated alkanes) is 1. The molecule has 1 aromatic carbocycles. The van der Waals surface area contributed by atoms with Crippen molar-refractivity contribution in [2.75, 3.05) is 51.2 Å². The van der Waals surface area contributed by atoms with Gasteiger partial charge in [-0.15, -0.1) is 0 Å². The van der Waals surface area contributed by atoms with Gasteiger partial charge >= 0.3 is 12.1 Å². The van der Waals surface area contributed by atoms with E-state index in [9.17, 15) is 28.8 Å². The minimum Gasteiger partial charge on any atom is -0.480 e. The van der Waals surface area contributed by atoms with E-state index in [2.05, 4.69) is 10.6 Å². The molecule has 0 aromatic heterocycles. The number of benzene rings is 1. The van der Waals surface area contributed by atoms with Gasteiger partial charge in [0.05, 0.1) is 24.3 Å². The molecule has 3 aliphatic rings. The van der Waals surface area contributed by atoms with Crippen LogP contribution < -0.4 is 10.6 Å². The van der Waals surface area contributed by atoms with Crippen LogP contribution in [-0.2, 0) is 19.1 Å². The largest absolute Gasteiger partial charge is 0.480 e. The van der Waals surface area contributed by atoms with Crippen LogP contribution >= 0.6 is 0 Å². The van der Waals surface area contributed by atoms with Gasteiger partial charge in [-0.3, -0.25) is 39.1 Å². The summed E-state index contributed by atoms with van der Waals surface area (Å²) in [5.74, 6) is -3.11.